The fourth-order valence-corrected chi connectivity index (χ4v) is 2.25. The minimum absolute atomic E-state index is 0.0694. The molecule has 1 atom stereocenters. The van der Waals surface area contributed by atoms with Crippen molar-refractivity contribution >= 4 is 29.1 Å². The Morgan fingerprint density at radius 1 is 1.36 bits per heavy atom. The number of benzene rings is 1. The predicted molar refractivity (Wildman–Crippen MR) is 92.7 cm³/mol. The van der Waals surface area contributed by atoms with Gasteiger partial charge in [0.05, 0.1) is 7.11 Å². The quantitative estimate of drug-likeness (QED) is 0.538. The Balaban J connectivity index is 2.96. The lowest BCUT2D eigenvalue weighted by molar-refractivity contribution is -0.127. The van der Waals surface area contributed by atoms with E-state index < -0.39 is 0 Å². The topological polar surface area (TPSA) is 29.5 Å². The van der Waals surface area contributed by atoms with Gasteiger partial charge in [0.2, 0.25) is 5.91 Å². The first-order valence-corrected chi connectivity index (χ1v) is 8.08. The first-order chi connectivity index (χ1) is 10.3. The predicted octanol–water partition coefficient (Wildman–Crippen LogP) is 4.52. The number of halogens is 2. The molecule has 0 aliphatic carbocycles. The number of carbonyl (C=O) groups excluding carboxylic acids is 1. The first kappa shape index (κ1) is 18.9. The Bertz CT molecular complexity index is 527. The van der Waals surface area contributed by atoms with E-state index in [1.807, 2.05) is 13.0 Å². The highest BCUT2D eigenvalue weighted by Crippen LogP contribution is 2.23. The number of ether oxygens (including phenoxy) is 1. The van der Waals surface area contributed by atoms with Crippen LogP contribution in [0.25, 0.3) is 0 Å². The van der Waals surface area contributed by atoms with Gasteiger partial charge >= 0.3 is 0 Å². The summed E-state index contributed by atoms with van der Waals surface area (Å²) >= 11 is 12.1. The molecule has 1 aromatic rings. The number of rotatable bonds is 7. The van der Waals surface area contributed by atoms with Gasteiger partial charge in [-0.3, -0.25) is 4.79 Å². The lowest BCUT2D eigenvalue weighted by Crippen LogP contribution is -2.32. The molecule has 22 heavy (non-hydrogen) atoms. The Kier molecular flexibility index (Phi) is 7.77. The van der Waals surface area contributed by atoms with Crippen LogP contribution in [0.3, 0.4) is 0 Å². The van der Waals surface area contributed by atoms with Crippen LogP contribution in [0, 0.1) is 5.92 Å². The molecule has 0 heterocycles. The van der Waals surface area contributed by atoms with Crippen molar-refractivity contribution < 1.29 is 9.53 Å². The van der Waals surface area contributed by atoms with Crippen LogP contribution in [0.15, 0.2) is 30.4 Å². The first-order valence-electron chi connectivity index (χ1n) is 7.27. The van der Waals surface area contributed by atoms with E-state index >= 15 is 0 Å². The largest absolute Gasteiger partial charge is 0.497 e. The minimum Gasteiger partial charge on any atom is -0.497 e. The molecule has 0 saturated heterocycles. The molecule has 0 aliphatic heterocycles. The van der Waals surface area contributed by atoms with Crippen molar-refractivity contribution in [1.82, 2.24) is 4.90 Å². The molecule has 0 radical (unpaired) electrons. The molecular formula is C17H23Cl2NO2. The molecule has 0 fully saturated rings. The van der Waals surface area contributed by atoms with Gasteiger partial charge in [-0.15, -0.1) is 11.6 Å². The van der Waals surface area contributed by atoms with Crippen LogP contribution in [-0.4, -0.2) is 29.8 Å². The lowest BCUT2D eigenvalue weighted by atomic mass is 10.1. The third-order valence-corrected chi connectivity index (χ3v) is 3.53. The second-order valence-corrected chi connectivity index (χ2v) is 6.70. The van der Waals surface area contributed by atoms with Gasteiger partial charge in [0.25, 0.3) is 0 Å². The fraction of sp³-hybridized carbons (Fsp3) is 0.471. The van der Waals surface area contributed by atoms with E-state index in [1.165, 1.54) is 6.08 Å². The van der Waals surface area contributed by atoms with Crippen LogP contribution in [0.5, 0.6) is 5.75 Å². The summed E-state index contributed by atoms with van der Waals surface area (Å²) in [5.41, 5.74) is 0.863. The van der Waals surface area contributed by atoms with E-state index in [4.69, 9.17) is 27.9 Å². The molecular weight excluding hydrogens is 321 g/mol. The summed E-state index contributed by atoms with van der Waals surface area (Å²) in [6.45, 7) is 7.04. The summed E-state index contributed by atoms with van der Waals surface area (Å²) in [4.78, 5) is 14.1. The zero-order chi connectivity index (χ0) is 16.7. The molecule has 1 rings (SSSR count). The molecule has 0 aliphatic rings. The number of hydrogen-bond donors (Lipinski definition) is 0. The highest BCUT2D eigenvalue weighted by Gasteiger charge is 2.15. The van der Waals surface area contributed by atoms with Crippen LogP contribution in [0.1, 0.15) is 26.3 Å². The van der Waals surface area contributed by atoms with Crippen molar-refractivity contribution in [2.75, 3.05) is 13.7 Å². The molecule has 3 nitrogen and oxygen atoms in total. The van der Waals surface area contributed by atoms with Gasteiger partial charge in [-0.1, -0.05) is 31.5 Å². The minimum atomic E-state index is -0.176. The zero-order valence-electron chi connectivity index (χ0n) is 13.5. The monoisotopic (exact) mass is 343 g/mol. The van der Waals surface area contributed by atoms with Crippen LogP contribution in [0.4, 0.5) is 0 Å². The van der Waals surface area contributed by atoms with Crippen molar-refractivity contribution in [1.29, 1.82) is 0 Å². The van der Waals surface area contributed by atoms with Gasteiger partial charge in [-0.25, -0.2) is 0 Å². The molecule has 0 bridgehead atoms. The molecule has 0 N–H and O–H groups in total. The van der Waals surface area contributed by atoms with Gasteiger partial charge in [0.15, 0.2) is 0 Å². The van der Waals surface area contributed by atoms with Crippen LogP contribution < -0.4 is 4.74 Å². The normalized spacial score (nSPS) is 12.7. The van der Waals surface area contributed by atoms with E-state index in [0.29, 0.717) is 24.0 Å². The second-order valence-electron chi connectivity index (χ2n) is 5.61. The van der Waals surface area contributed by atoms with E-state index in [-0.39, 0.29) is 11.3 Å². The Morgan fingerprint density at radius 3 is 2.59 bits per heavy atom. The molecule has 1 aromatic carbocycles. The maximum atomic E-state index is 12.4. The summed E-state index contributed by atoms with van der Waals surface area (Å²) in [6, 6.07) is 5.44. The van der Waals surface area contributed by atoms with Gasteiger partial charge in [0, 0.05) is 29.6 Å². The molecule has 0 spiro atoms. The average molecular weight is 344 g/mol. The van der Waals surface area contributed by atoms with E-state index in [9.17, 15) is 4.79 Å². The standard InChI is InChI=1S/C17H23Cl2NO2/c1-12(2)10-20(17(21)8-5-13(3)18)11-14-9-15(22-4)6-7-16(14)19/h5-9,12-13H,10-11H2,1-4H3/b8-5+. The molecule has 1 amide bonds. The molecule has 0 aromatic heterocycles. The Hall–Kier alpha value is -1.19. The van der Waals surface area contributed by atoms with Crippen molar-refractivity contribution in [3.63, 3.8) is 0 Å². The highest BCUT2D eigenvalue weighted by molar-refractivity contribution is 6.31. The molecule has 1 unspecified atom stereocenters. The van der Waals surface area contributed by atoms with Crippen molar-refractivity contribution in [3.8, 4) is 5.75 Å². The maximum Gasteiger partial charge on any atom is 0.246 e. The number of allylic oxidation sites excluding steroid dienone is 1. The van der Waals surface area contributed by atoms with E-state index in [2.05, 4.69) is 13.8 Å². The van der Waals surface area contributed by atoms with Crippen molar-refractivity contribution in [3.05, 3.63) is 40.9 Å². The zero-order valence-corrected chi connectivity index (χ0v) is 15.0. The SMILES string of the molecule is COc1ccc(Cl)c(CN(CC(C)C)C(=O)/C=C/C(C)Cl)c1. The van der Waals surface area contributed by atoms with Gasteiger partial charge in [0.1, 0.15) is 5.75 Å². The third kappa shape index (κ3) is 6.29. The Morgan fingerprint density at radius 2 is 2.05 bits per heavy atom. The smallest absolute Gasteiger partial charge is 0.246 e. The maximum absolute atomic E-state index is 12.4. The summed E-state index contributed by atoms with van der Waals surface area (Å²) in [5.74, 6) is 1.01. The van der Waals surface area contributed by atoms with Crippen LogP contribution in [-0.2, 0) is 11.3 Å². The highest BCUT2D eigenvalue weighted by atomic mass is 35.5. The van der Waals surface area contributed by atoms with Gasteiger partial charge < -0.3 is 9.64 Å². The van der Waals surface area contributed by atoms with E-state index in [1.54, 1.807) is 30.2 Å². The number of methoxy groups -OCH3 is 1. The summed E-state index contributed by atoms with van der Waals surface area (Å²) in [5, 5.41) is 0.447. The Labute approximate surface area is 142 Å². The lowest BCUT2D eigenvalue weighted by Gasteiger charge is -2.24. The number of alkyl halides is 1. The van der Waals surface area contributed by atoms with Crippen LogP contribution >= 0.6 is 23.2 Å². The van der Waals surface area contributed by atoms with Crippen molar-refractivity contribution in [2.24, 2.45) is 5.92 Å². The molecule has 0 saturated carbocycles. The number of amides is 1. The number of nitrogens with zero attached hydrogens (tertiary/aromatic N) is 1. The summed E-state index contributed by atoms with van der Waals surface area (Å²) < 4.78 is 5.22. The van der Waals surface area contributed by atoms with Crippen LogP contribution in [0.2, 0.25) is 5.02 Å². The molecule has 5 heteroatoms. The average Bonchev–Trinajstić information content (AvgIpc) is 2.45. The fourth-order valence-electron chi connectivity index (χ4n) is 2.00. The van der Waals surface area contributed by atoms with Gasteiger partial charge in [-0.05, 0) is 36.6 Å². The number of carbonyl (C=O) groups is 1. The number of hydrogen-bond acceptors (Lipinski definition) is 2. The van der Waals surface area contributed by atoms with Gasteiger partial charge in [-0.2, -0.15) is 0 Å². The molecule has 122 valence electrons. The van der Waals surface area contributed by atoms with Crippen molar-refractivity contribution in [2.45, 2.75) is 32.7 Å². The second kappa shape index (κ2) is 9.06. The summed E-state index contributed by atoms with van der Waals surface area (Å²) in [6.07, 6.45) is 3.21. The third-order valence-electron chi connectivity index (χ3n) is 3.02. The van der Waals surface area contributed by atoms with E-state index in [0.717, 1.165) is 11.3 Å². The summed E-state index contributed by atoms with van der Waals surface area (Å²) in [7, 11) is 1.61.